The predicted octanol–water partition coefficient (Wildman–Crippen LogP) is 3.55. The monoisotopic (exact) mass is 248 g/mol. The van der Waals surface area contributed by atoms with Crippen LogP contribution in [0.3, 0.4) is 0 Å². The lowest BCUT2D eigenvalue weighted by Gasteiger charge is -2.32. The molecule has 0 saturated carbocycles. The SMILES string of the molecule is CC(C)(O)C(=O)CC(c1ccccc1)C(C)(C)C. The number of benzene rings is 1. The van der Waals surface area contributed by atoms with Crippen LogP contribution in [0, 0.1) is 5.41 Å². The quantitative estimate of drug-likeness (QED) is 0.884. The van der Waals surface area contributed by atoms with Crippen LogP contribution in [0.4, 0.5) is 0 Å². The van der Waals surface area contributed by atoms with Gasteiger partial charge in [-0.3, -0.25) is 4.79 Å². The maximum absolute atomic E-state index is 12.0. The van der Waals surface area contributed by atoms with Crippen molar-refractivity contribution >= 4 is 5.78 Å². The lowest BCUT2D eigenvalue weighted by atomic mass is 9.72. The molecule has 0 fully saturated rings. The van der Waals surface area contributed by atoms with Crippen LogP contribution in [0.5, 0.6) is 0 Å². The van der Waals surface area contributed by atoms with Crippen LogP contribution in [0.25, 0.3) is 0 Å². The van der Waals surface area contributed by atoms with Gasteiger partial charge in [0.25, 0.3) is 0 Å². The van der Waals surface area contributed by atoms with Gasteiger partial charge in [-0.25, -0.2) is 0 Å². The van der Waals surface area contributed by atoms with Gasteiger partial charge in [-0.1, -0.05) is 51.1 Å². The van der Waals surface area contributed by atoms with E-state index in [1.807, 2.05) is 30.3 Å². The van der Waals surface area contributed by atoms with E-state index in [4.69, 9.17) is 0 Å². The van der Waals surface area contributed by atoms with Crippen LogP contribution < -0.4 is 0 Å². The molecule has 0 heterocycles. The number of carbonyl (C=O) groups excluding carboxylic acids is 1. The van der Waals surface area contributed by atoms with Gasteiger partial charge in [0.15, 0.2) is 5.78 Å². The van der Waals surface area contributed by atoms with Crippen LogP contribution in [0.15, 0.2) is 30.3 Å². The molecule has 0 amide bonds. The molecule has 1 aromatic carbocycles. The highest BCUT2D eigenvalue weighted by atomic mass is 16.3. The van der Waals surface area contributed by atoms with Crippen molar-refractivity contribution in [3.8, 4) is 0 Å². The standard InChI is InChI=1S/C16H24O2/c1-15(2,3)13(11-14(17)16(4,5)18)12-9-7-6-8-10-12/h6-10,13,18H,11H2,1-5H3. The molecule has 0 bridgehead atoms. The van der Waals surface area contributed by atoms with Gasteiger partial charge in [-0.05, 0) is 30.7 Å². The number of rotatable bonds is 4. The maximum atomic E-state index is 12.0. The number of hydrogen-bond donors (Lipinski definition) is 1. The van der Waals surface area contributed by atoms with Gasteiger partial charge in [-0.2, -0.15) is 0 Å². The summed E-state index contributed by atoms with van der Waals surface area (Å²) in [4.78, 5) is 12.0. The smallest absolute Gasteiger partial charge is 0.164 e. The molecule has 0 aromatic heterocycles. The molecule has 1 rings (SSSR count). The van der Waals surface area contributed by atoms with Crippen molar-refractivity contribution < 1.29 is 9.90 Å². The zero-order chi connectivity index (χ0) is 14.0. The van der Waals surface area contributed by atoms with Crippen LogP contribution in [-0.4, -0.2) is 16.5 Å². The molecule has 0 aliphatic heterocycles. The second-order valence-electron chi connectivity index (χ2n) is 6.52. The van der Waals surface area contributed by atoms with E-state index < -0.39 is 5.60 Å². The first-order chi connectivity index (χ1) is 8.12. The summed E-state index contributed by atoms with van der Waals surface area (Å²) in [6.07, 6.45) is 0.372. The van der Waals surface area contributed by atoms with E-state index in [9.17, 15) is 9.90 Å². The summed E-state index contributed by atoms with van der Waals surface area (Å²) in [6.45, 7) is 9.49. The molecule has 1 aromatic rings. The Bertz CT molecular complexity index is 393. The van der Waals surface area contributed by atoms with Gasteiger partial charge < -0.3 is 5.11 Å². The van der Waals surface area contributed by atoms with Crippen molar-refractivity contribution in [1.82, 2.24) is 0 Å². The van der Waals surface area contributed by atoms with Crippen LogP contribution >= 0.6 is 0 Å². The van der Waals surface area contributed by atoms with Crippen molar-refractivity contribution in [2.75, 3.05) is 0 Å². The summed E-state index contributed by atoms with van der Waals surface area (Å²) in [5.41, 5.74) is -0.108. The molecular formula is C16H24O2. The topological polar surface area (TPSA) is 37.3 Å². The Hall–Kier alpha value is -1.15. The molecule has 1 N–H and O–H groups in total. The number of aliphatic hydroxyl groups is 1. The molecular weight excluding hydrogens is 224 g/mol. The van der Waals surface area contributed by atoms with Crippen molar-refractivity contribution in [3.05, 3.63) is 35.9 Å². The summed E-state index contributed by atoms with van der Waals surface area (Å²) in [5.74, 6) is 0.0175. The number of hydrogen-bond acceptors (Lipinski definition) is 2. The number of carbonyl (C=O) groups is 1. The molecule has 2 nitrogen and oxygen atoms in total. The van der Waals surface area contributed by atoms with E-state index in [0.717, 1.165) is 5.56 Å². The Labute approximate surface area is 110 Å². The fourth-order valence-corrected chi connectivity index (χ4v) is 2.04. The summed E-state index contributed by atoms with van der Waals surface area (Å²) < 4.78 is 0. The van der Waals surface area contributed by atoms with Crippen molar-refractivity contribution in [2.24, 2.45) is 5.41 Å². The summed E-state index contributed by atoms with van der Waals surface area (Å²) in [5, 5.41) is 9.80. The number of Topliss-reactive ketones (excluding diaryl/α,β-unsaturated/α-hetero) is 1. The second-order valence-corrected chi connectivity index (χ2v) is 6.52. The van der Waals surface area contributed by atoms with Gasteiger partial charge in [0.2, 0.25) is 0 Å². The average Bonchev–Trinajstić information content (AvgIpc) is 2.23. The van der Waals surface area contributed by atoms with E-state index >= 15 is 0 Å². The summed E-state index contributed by atoms with van der Waals surface area (Å²) >= 11 is 0. The fourth-order valence-electron chi connectivity index (χ4n) is 2.04. The molecule has 2 heteroatoms. The molecule has 100 valence electrons. The summed E-state index contributed by atoms with van der Waals surface area (Å²) in [6, 6.07) is 10.0. The van der Waals surface area contributed by atoms with Crippen LogP contribution in [0.1, 0.15) is 52.5 Å². The summed E-state index contributed by atoms with van der Waals surface area (Å²) in [7, 11) is 0. The largest absolute Gasteiger partial charge is 0.383 e. The average molecular weight is 248 g/mol. The zero-order valence-electron chi connectivity index (χ0n) is 12.0. The van der Waals surface area contributed by atoms with E-state index in [-0.39, 0.29) is 17.1 Å². The first-order valence-corrected chi connectivity index (χ1v) is 6.43. The van der Waals surface area contributed by atoms with E-state index in [1.165, 1.54) is 0 Å². The molecule has 1 unspecified atom stereocenters. The zero-order valence-corrected chi connectivity index (χ0v) is 12.0. The van der Waals surface area contributed by atoms with Crippen molar-refractivity contribution in [1.29, 1.82) is 0 Å². The molecule has 0 radical (unpaired) electrons. The Morgan fingerprint density at radius 2 is 1.61 bits per heavy atom. The minimum Gasteiger partial charge on any atom is -0.383 e. The maximum Gasteiger partial charge on any atom is 0.164 e. The molecule has 0 spiro atoms. The Kier molecular flexibility index (Phi) is 4.33. The fraction of sp³-hybridized carbons (Fsp3) is 0.562. The van der Waals surface area contributed by atoms with Crippen molar-refractivity contribution in [3.63, 3.8) is 0 Å². The molecule has 18 heavy (non-hydrogen) atoms. The highest BCUT2D eigenvalue weighted by molar-refractivity contribution is 5.86. The minimum absolute atomic E-state index is 0.0116. The highest BCUT2D eigenvalue weighted by Gasteiger charge is 2.33. The lowest BCUT2D eigenvalue weighted by Crippen LogP contribution is -2.34. The molecule has 0 saturated heterocycles. The minimum atomic E-state index is -1.25. The third-order valence-corrected chi connectivity index (χ3v) is 3.32. The molecule has 0 aliphatic carbocycles. The van der Waals surface area contributed by atoms with E-state index in [1.54, 1.807) is 13.8 Å². The first kappa shape index (κ1) is 14.9. The van der Waals surface area contributed by atoms with Gasteiger partial charge in [-0.15, -0.1) is 0 Å². The van der Waals surface area contributed by atoms with E-state index in [2.05, 4.69) is 20.8 Å². The first-order valence-electron chi connectivity index (χ1n) is 6.43. The van der Waals surface area contributed by atoms with Gasteiger partial charge in [0.1, 0.15) is 5.60 Å². The molecule has 0 aliphatic rings. The Balaban J connectivity index is 2.99. The predicted molar refractivity (Wildman–Crippen MR) is 74.6 cm³/mol. The normalized spacial score (nSPS) is 14.3. The number of ketones is 1. The third-order valence-electron chi connectivity index (χ3n) is 3.32. The van der Waals surface area contributed by atoms with Crippen molar-refractivity contribution in [2.45, 2.75) is 52.6 Å². The van der Waals surface area contributed by atoms with E-state index in [0.29, 0.717) is 6.42 Å². The second kappa shape index (κ2) is 5.23. The van der Waals surface area contributed by atoms with Crippen LogP contribution in [0.2, 0.25) is 0 Å². The highest BCUT2D eigenvalue weighted by Crippen LogP contribution is 2.38. The van der Waals surface area contributed by atoms with Gasteiger partial charge in [0.05, 0.1) is 0 Å². The van der Waals surface area contributed by atoms with Gasteiger partial charge >= 0.3 is 0 Å². The molecule has 1 atom stereocenters. The van der Waals surface area contributed by atoms with Crippen LogP contribution in [-0.2, 0) is 4.79 Å². The Morgan fingerprint density at radius 1 is 1.11 bits per heavy atom. The Morgan fingerprint density at radius 3 is 2.00 bits per heavy atom. The third kappa shape index (κ3) is 3.95. The lowest BCUT2D eigenvalue weighted by molar-refractivity contribution is -0.135. The van der Waals surface area contributed by atoms with Gasteiger partial charge in [0, 0.05) is 6.42 Å².